The summed E-state index contributed by atoms with van der Waals surface area (Å²) in [6.07, 6.45) is -1.71. The summed E-state index contributed by atoms with van der Waals surface area (Å²) in [5.41, 5.74) is 6.78. The number of nitrogens with one attached hydrogen (secondary N) is 1. The molecule has 0 amide bonds. The van der Waals surface area contributed by atoms with E-state index in [-0.39, 0.29) is 6.29 Å². The molecule has 2 aromatic heterocycles. The van der Waals surface area contributed by atoms with Crippen LogP contribution in [0.1, 0.15) is 0 Å². The van der Waals surface area contributed by atoms with Crippen molar-refractivity contribution >= 4 is 23.3 Å². The quantitative estimate of drug-likeness (QED) is 0.323. The maximum atomic E-state index is 9.76. The van der Waals surface area contributed by atoms with Gasteiger partial charge in [0, 0.05) is 0 Å². The van der Waals surface area contributed by atoms with E-state index in [1.165, 1.54) is 12.7 Å². The first kappa shape index (κ1) is 15.9. The molecule has 0 aliphatic heterocycles. The lowest BCUT2D eigenvalue weighted by molar-refractivity contribution is -0.127. The summed E-state index contributed by atoms with van der Waals surface area (Å²) in [6.45, 7) is -0.688. The summed E-state index contributed by atoms with van der Waals surface area (Å²) >= 11 is 0. The number of imidazole rings is 1. The maximum absolute atomic E-state index is 9.76. The summed E-state index contributed by atoms with van der Waals surface area (Å²) in [6, 6.07) is 0. The van der Waals surface area contributed by atoms with Gasteiger partial charge in [-0.3, -0.25) is 0 Å². The van der Waals surface area contributed by atoms with Crippen LogP contribution in [0.3, 0.4) is 0 Å². The van der Waals surface area contributed by atoms with Gasteiger partial charge in [0.15, 0.2) is 17.8 Å². The Morgan fingerprint density at radius 1 is 1.30 bits per heavy atom. The summed E-state index contributed by atoms with van der Waals surface area (Å²) < 4.78 is 0. The molecule has 2 rings (SSSR count). The van der Waals surface area contributed by atoms with E-state index in [9.17, 15) is 4.79 Å². The standard InChI is InChI=1S/C5H5N5.C5H10O5/c6-4-3-5(9-1-7-3)10-2-8-4;6-1-3(8)5(10)4(9)2-7/h1-2H,(H3,6,7,8,9,10);1,3-5,7-10H,2H2/t;3-,4+,5?/m.0/s1. The fraction of sp³-hybridized carbons (Fsp3) is 0.400. The summed E-state index contributed by atoms with van der Waals surface area (Å²) in [5, 5.41) is 34.1. The molecule has 2 aromatic rings. The number of aliphatic hydroxyl groups excluding tert-OH is 4. The molecule has 10 heteroatoms. The topological polar surface area (TPSA) is 178 Å². The van der Waals surface area contributed by atoms with Gasteiger partial charge >= 0.3 is 0 Å². The zero-order valence-electron chi connectivity index (χ0n) is 10.3. The second-order valence-corrected chi connectivity index (χ2v) is 3.73. The van der Waals surface area contributed by atoms with E-state index in [2.05, 4.69) is 19.9 Å². The van der Waals surface area contributed by atoms with Crippen LogP contribution in [-0.2, 0) is 4.79 Å². The third-order valence-electron chi connectivity index (χ3n) is 2.32. The highest BCUT2D eigenvalue weighted by Crippen LogP contribution is 2.09. The summed E-state index contributed by atoms with van der Waals surface area (Å²) in [7, 11) is 0. The van der Waals surface area contributed by atoms with Crippen molar-refractivity contribution in [3.05, 3.63) is 12.7 Å². The SMILES string of the molecule is Nc1ncnc2nc[nH]c12.O=C[C@H](O)C(O)[C@H](O)CO. The number of rotatable bonds is 4. The number of carbonyl (C=O) groups is 1. The number of fused-ring (bicyclic) bond motifs is 1. The van der Waals surface area contributed by atoms with Crippen LogP contribution in [0.5, 0.6) is 0 Å². The largest absolute Gasteiger partial charge is 0.394 e. The van der Waals surface area contributed by atoms with Crippen molar-refractivity contribution in [2.45, 2.75) is 18.3 Å². The van der Waals surface area contributed by atoms with Crippen molar-refractivity contribution in [3.63, 3.8) is 0 Å². The number of aldehydes is 1. The van der Waals surface area contributed by atoms with Crippen molar-refractivity contribution in [1.82, 2.24) is 19.9 Å². The van der Waals surface area contributed by atoms with Gasteiger partial charge in [-0.05, 0) is 0 Å². The first-order valence-electron chi connectivity index (χ1n) is 5.51. The number of hydrogen-bond acceptors (Lipinski definition) is 9. The fourth-order valence-electron chi connectivity index (χ4n) is 1.20. The van der Waals surface area contributed by atoms with E-state index in [4.69, 9.17) is 26.2 Å². The van der Waals surface area contributed by atoms with Crippen LogP contribution in [0.2, 0.25) is 0 Å². The average Bonchev–Trinajstić information content (AvgIpc) is 2.95. The van der Waals surface area contributed by atoms with E-state index in [0.717, 1.165) is 0 Å². The van der Waals surface area contributed by atoms with Crippen molar-refractivity contribution in [2.24, 2.45) is 0 Å². The molecule has 10 nitrogen and oxygen atoms in total. The van der Waals surface area contributed by atoms with Crippen LogP contribution in [-0.4, -0.2) is 71.6 Å². The smallest absolute Gasteiger partial charge is 0.182 e. The Hall–Kier alpha value is -2.14. The predicted molar refractivity (Wildman–Crippen MR) is 67.3 cm³/mol. The highest BCUT2D eigenvalue weighted by molar-refractivity contribution is 5.80. The van der Waals surface area contributed by atoms with Gasteiger partial charge in [-0.1, -0.05) is 0 Å². The van der Waals surface area contributed by atoms with Gasteiger partial charge in [-0.15, -0.1) is 0 Å². The van der Waals surface area contributed by atoms with Crippen LogP contribution >= 0.6 is 0 Å². The molecule has 0 bridgehead atoms. The van der Waals surface area contributed by atoms with Gasteiger partial charge in [0.2, 0.25) is 0 Å². The lowest BCUT2D eigenvalue weighted by Gasteiger charge is -2.16. The molecule has 0 spiro atoms. The minimum Gasteiger partial charge on any atom is -0.394 e. The van der Waals surface area contributed by atoms with Crippen LogP contribution in [0.15, 0.2) is 12.7 Å². The summed E-state index contributed by atoms with van der Waals surface area (Å²) in [5.74, 6) is 0.433. The monoisotopic (exact) mass is 285 g/mol. The number of nitrogens with two attached hydrogens (primary N) is 1. The Morgan fingerprint density at radius 3 is 2.55 bits per heavy atom. The molecule has 0 aliphatic carbocycles. The predicted octanol–water partition coefficient (Wildman–Crippen LogP) is -2.80. The Bertz CT molecular complexity index is 548. The van der Waals surface area contributed by atoms with Gasteiger partial charge in [0.05, 0.1) is 12.9 Å². The van der Waals surface area contributed by atoms with Gasteiger partial charge < -0.3 is 35.9 Å². The molecule has 0 radical (unpaired) electrons. The number of nitrogen functional groups attached to an aromatic ring is 1. The first-order chi connectivity index (χ1) is 9.51. The normalized spacial score (nSPS) is 15.0. The first-order valence-corrected chi connectivity index (χ1v) is 5.51. The van der Waals surface area contributed by atoms with Gasteiger partial charge in [-0.2, -0.15) is 0 Å². The lowest BCUT2D eigenvalue weighted by Crippen LogP contribution is -2.40. The maximum Gasteiger partial charge on any atom is 0.182 e. The summed E-state index contributed by atoms with van der Waals surface area (Å²) in [4.78, 5) is 24.1. The number of aliphatic hydroxyl groups is 4. The molecular weight excluding hydrogens is 270 g/mol. The van der Waals surface area contributed by atoms with E-state index >= 15 is 0 Å². The molecule has 0 aliphatic rings. The van der Waals surface area contributed by atoms with Crippen LogP contribution in [0.4, 0.5) is 5.82 Å². The van der Waals surface area contributed by atoms with E-state index < -0.39 is 24.9 Å². The van der Waals surface area contributed by atoms with Crippen molar-refractivity contribution in [3.8, 4) is 0 Å². The van der Waals surface area contributed by atoms with Crippen LogP contribution in [0.25, 0.3) is 11.2 Å². The number of nitrogens with zero attached hydrogens (tertiary/aromatic N) is 3. The Kier molecular flexibility index (Phi) is 5.93. The van der Waals surface area contributed by atoms with Crippen molar-refractivity contribution in [1.29, 1.82) is 0 Å². The van der Waals surface area contributed by atoms with E-state index in [0.29, 0.717) is 17.0 Å². The van der Waals surface area contributed by atoms with Crippen LogP contribution < -0.4 is 5.73 Å². The minimum atomic E-state index is -1.64. The van der Waals surface area contributed by atoms with Gasteiger partial charge in [0.1, 0.15) is 30.2 Å². The molecule has 1 unspecified atom stereocenters. The third-order valence-corrected chi connectivity index (χ3v) is 2.32. The van der Waals surface area contributed by atoms with Gasteiger partial charge in [-0.25, -0.2) is 15.0 Å². The second kappa shape index (κ2) is 7.45. The minimum absolute atomic E-state index is 0.0869. The molecule has 0 aromatic carbocycles. The van der Waals surface area contributed by atoms with Crippen molar-refractivity contribution in [2.75, 3.05) is 12.3 Å². The van der Waals surface area contributed by atoms with Crippen molar-refractivity contribution < 1.29 is 25.2 Å². The van der Waals surface area contributed by atoms with E-state index in [1.807, 2.05) is 0 Å². The van der Waals surface area contributed by atoms with Crippen LogP contribution in [0, 0.1) is 0 Å². The molecule has 2 heterocycles. The number of hydrogen-bond donors (Lipinski definition) is 6. The number of aromatic nitrogens is 4. The number of carbonyl (C=O) groups excluding carboxylic acids is 1. The molecule has 0 fully saturated rings. The lowest BCUT2D eigenvalue weighted by atomic mass is 10.1. The Labute approximate surface area is 112 Å². The number of H-pyrrole nitrogens is 1. The molecule has 7 N–H and O–H groups in total. The molecule has 3 atom stereocenters. The number of aromatic amines is 1. The highest BCUT2D eigenvalue weighted by Gasteiger charge is 2.22. The number of anilines is 1. The third kappa shape index (κ3) is 3.93. The second-order valence-electron chi connectivity index (χ2n) is 3.73. The zero-order chi connectivity index (χ0) is 15.1. The molecular formula is C10H15N5O5. The Balaban J connectivity index is 0.000000200. The molecule has 0 saturated heterocycles. The molecule has 20 heavy (non-hydrogen) atoms. The molecule has 0 saturated carbocycles. The zero-order valence-corrected chi connectivity index (χ0v) is 10.3. The molecule has 110 valence electrons. The highest BCUT2D eigenvalue weighted by atomic mass is 16.4. The average molecular weight is 285 g/mol. The van der Waals surface area contributed by atoms with E-state index in [1.54, 1.807) is 0 Å². The van der Waals surface area contributed by atoms with Gasteiger partial charge in [0.25, 0.3) is 0 Å². The Morgan fingerprint density at radius 2 is 2.00 bits per heavy atom. The fourth-order valence-corrected chi connectivity index (χ4v) is 1.20.